The summed E-state index contributed by atoms with van der Waals surface area (Å²) < 4.78 is 0. The van der Waals surface area contributed by atoms with Crippen molar-refractivity contribution in [2.24, 2.45) is 17.7 Å². The molecular formula is C6H11N3O. The quantitative estimate of drug-likeness (QED) is 0.238. The molecule has 1 amide bonds. The second-order valence-corrected chi connectivity index (χ2v) is 3.05. The third-order valence-electron chi connectivity index (χ3n) is 2.43. The number of nitrogens with two attached hydrogens (primary N) is 1. The number of rotatable bonds is 1. The fraction of sp³-hybridized carbons (Fsp3) is 0.833. The molecule has 3 unspecified atom stereocenters. The first-order valence-corrected chi connectivity index (χ1v) is 3.57. The highest BCUT2D eigenvalue weighted by atomic mass is 16.2. The molecule has 2 rings (SSSR count). The standard InChI is InChI=1S/C6H11N3O/c7-9-6(10)5-4-1-3(4)2-8-5/h3-5,8H,1-2,7H2,(H,9,10). The number of carbonyl (C=O) groups excluding carboxylic acids is 1. The van der Waals surface area contributed by atoms with E-state index in [0.29, 0.717) is 5.92 Å². The molecule has 10 heavy (non-hydrogen) atoms. The molecule has 1 heterocycles. The first-order valence-electron chi connectivity index (χ1n) is 3.57. The first kappa shape index (κ1) is 6.12. The molecule has 56 valence electrons. The van der Waals surface area contributed by atoms with Crippen LogP contribution in [-0.4, -0.2) is 18.5 Å². The van der Waals surface area contributed by atoms with Crippen LogP contribution in [0, 0.1) is 11.8 Å². The Bertz CT molecular complexity index is 170. The lowest BCUT2D eigenvalue weighted by atomic mass is 10.2. The number of amides is 1. The van der Waals surface area contributed by atoms with Crippen LogP contribution in [0.1, 0.15) is 6.42 Å². The van der Waals surface area contributed by atoms with Crippen molar-refractivity contribution in [2.75, 3.05) is 6.54 Å². The van der Waals surface area contributed by atoms with E-state index in [1.807, 2.05) is 0 Å². The van der Waals surface area contributed by atoms with Crippen LogP contribution in [-0.2, 0) is 4.79 Å². The van der Waals surface area contributed by atoms with Crippen molar-refractivity contribution in [3.63, 3.8) is 0 Å². The molecule has 4 N–H and O–H groups in total. The second kappa shape index (κ2) is 1.93. The number of hydrogen-bond donors (Lipinski definition) is 3. The first-order chi connectivity index (χ1) is 4.83. The molecule has 3 atom stereocenters. The minimum Gasteiger partial charge on any atom is -0.305 e. The largest absolute Gasteiger partial charge is 0.305 e. The molecule has 0 radical (unpaired) electrons. The van der Waals surface area contributed by atoms with Gasteiger partial charge in [0, 0.05) is 0 Å². The smallest absolute Gasteiger partial charge is 0.251 e. The Morgan fingerprint density at radius 3 is 2.90 bits per heavy atom. The summed E-state index contributed by atoms with van der Waals surface area (Å²) in [7, 11) is 0. The summed E-state index contributed by atoms with van der Waals surface area (Å²) in [4.78, 5) is 11.0. The summed E-state index contributed by atoms with van der Waals surface area (Å²) in [6.07, 6.45) is 1.20. The van der Waals surface area contributed by atoms with Crippen LogP contribution in [0.2, 0.25) is 0 Å². The van der Waals surface area contributed by atoms with Crippen molar-refractivity contribution < 1.29 is 4.79 Å². The Morgan fingerprint density at radius 2 is 2.50 bits per heavy atom. The molecule has 0 aromatic rings. The number of hydrazine groups is 1. The lowest BCUT2D eigenvalue weighted by Gasteiger charge is -2.09. The van der Waals surface area contributed by atoms with Crippen LogP contribution >= 0.6 is 0 Å². The third-order valence-corrected chi connectivity index (χ3v) is 2.43. The van der Waals surface area contributed by atoms with Crippen LogP contribution in [0.25, 0.3) is 0 Å². The van der Waals surface area contributed by atoms with Crippen molar-refractivity contribution in [1.29, 1.82) is 0 Å². The average molecular weight is 141 g/mol. The summed E-state index contributed by atoms with van der Waals surface area (Å²) in [6, 6.07) is -0.00463. The van der Waals surface area contributed by atoms with Gasteiger partial charge in [-0.2, -0.15) is 0 Å². The predicted molar refractivity (Wildman–Crippen MR) is 35.7 cm³/mol. The zero-order chi connectivity index (χ0) is 7.14. The Hall–Kier alpha value is -0.610. The highest BCUT2D eigenvalue weighted by Gasteiger charge is 2.50. The van der Waals surface area contributed by atoms with Gasteiger partial charge in [0.1, 0.15) is 0 Å². The third kappa shape index (κ3) is 0.726. The van der Waals surface area contributed by atoms with E-state index in [2.05, 4.69) is 10.7 Å². The van der Waals surface area contributed by atoms with Crippen LogP contribution in [0.3, 0.4) is 0 Å². The van der Waals surface area contributed by atoms with Gasteiger partial charge in [-0.05, 0) is 24.8 Å². The lowest BCUT2D eigenvalue weighted by Crippen LogP contribution is -2.45. The molecule has 1 saturated heterocycles. The minimum atomic E-state index is -0.0648. The summed E-state index contributed by atoms with van der Waals surface area (Å²) in [5.74, 6) is 6.25. The topological polar surface area (TPSA) is 67.1 Å². The number of piperidine rings is 1. The van der Waals surface area contributed by atoms with Crippen molar-refractivity contribution in [3.8, 4) is 0 Å². The van der Waals surface area contributed by atoms with Crippen molar-refractivity contribution in [3.05, 3.63) is 0 Å². The minimum absolute atomic E-state index is 0.00463. The summed E-state index contributed by atoms with van der Waals surface area (Å²) >= 11 is 0. The van der Waals surface area contributed by atoms with Gasteiger partial charge in [-0.25, -0.2) is 5.84 Å². The Kier molecular flexibility index (Phi) is 1.18. The van der Waals surface area contributed by atoms with Crippen LogP contribution in [0.5, 0.6) is 0 Å². The summed E-state index contributed by atoms with van der Waals surface area (Å²) in [6.45, 7) is 0.989. The molecule has 0 aromatic heterocycles. The zero-order valence-electron chi connectivity index (χ0n) is 5.63. The van der Waals surface area contributed by atoms with Gasteiger partial charge in [0.25, 0.3) is 5.91 Å². The highest BCUT2D eigenvalue weighted by molar-refractivity contribution is 5.82. The lowest BCUT2D eigenvalue weighted by molar-refractivity contribution is -0.123. The van der Waals surface area contributed by atoms with Gasteiger partial charge in [0.2, 0.25) is 0 Å². The van der Waals surface area contributed by atoms with Gasteiger partial charge in [0.15, 0.2) is 0 Å². The van der Waals surface area contributed by atoms with Crippen LogP contribution < -0.4 is 16.6 Å². The van der Waals surface area contributed by atoms with Crippen molar-refractivity contribution in [2.45, 2.75) is 12.5 Å². The molecule has 0 aromatic carbocycles. The molecule has 4 heteroatoms. The number of carbonyl (C=O) groups is 1. The maximum absolute atomic E-state index is 11.0. The second-order valence-electron chi connectivity index (χ2n) is 3.05. The van der Waals surface area contributed by atoms with Gasteiger partial charge in [0.05, 0.1) is 6.04 Å². The SMILES string of the molecule is NNC(=O)C1NCC2CC21. The van der Waals surface area contributed by atoms with E-state index >= 15 is 0 Å². The van der Waals surface area contributed by atoms with Crippen LogP contribution in [0.4, 0.5) is 0 Å². The molecule has 4 nitrogen and oxygen atoms in total. The maximum atomic E-state index is 11.0. The molecular weight excluding hydrogens is 130 g/mol. The van der Waals surface area contributed by atoms with Crippen LogP contribution in [0.15, 0.2) is 0 Å². The van der Waals surface area contributed by atoms with E-state index in [1.54, 1.807) is 0 Å². The molecule has 1 aliphatic carbocycles. The van der Waals surface area contributed by atoms with Gasteiger partial charge < -0.3 is 5.32 Å². The van der Waals surface area contributed by atoms with Gasteiger partial charge in [-0.1, -0.05) is 0 Å². The number of hydrogen-bond acceptors (Lipinski definition) is 3. The zero-order valence-corrected chi connectivity index (χ0v) is 5.63. The number of nitrogens with one attached hydrogen (secondary N) is 2. The maximum Gasteiger partial charge on any atom is 0.251 e. The molecule has 2 fully saturated rings. The molecule has 2 aliphatic rings. The molecule has 0 bridgehead atoms. The van der Waals surface area contributed by atoms with Gasteiger partial charge in [-0.15, -0.1) is 0 Å². The van der Waals surface area contributed by atoms with E-state index in [4.69, 9.17) is 5.84 Å². The average Bonchev–Trinajstić information content (AvgIpc) is 2.62. The van der Waals surface area contributed by atoms with E-state index in [0.717, 1.165) is 12.5 Å². The Labute approximate surface area is 59.1 Å². The monoisotopic (exact) mass is 141 g/mol. The van der Waals surface area contributed by atoms with Gasteiger partial charge >= 0.3 is 0 Å². The van der Waals surface area contributed by atoms with Gasteiger partial charge in [-0.3, -0.25) is 10.2 Å². The fourth-order valence-electron chi connectivity index (χ4n) is 1.72. The summed E-state index contributed by atoms with van der Waals surface area (Å²) in [5.41, 5.74) is 2.16. The van der Waals surface area contributed by atoms with E-state index in [9.17, 15) is 4.79 Å². The Morgan fingerprint density at radius 1 is 1.70 bits per heavy atom. The normalized spacial score (nSPS) is 42.7. The van der Waals surface area contributed by atoms with E-state index in [-0.39, 0.29) is 11.9 Å². The highest BCUT2D eigenvalue weighted by Crippen LogP contribution is 2.44. The Balaban J connectivity index is 1.98. The predicted octanol–water partition coefficient (Wildman–Crippen LogP) is -1.42. The summed E-state index contributed by atoms with van der Waals surface area (Å²) in [5, 5.41) is 3.11. The van der Waals surface area contributed by atoms with E-state index < -0.39 is 0 Å². The molecule has 0 spiro atoms. The fourth-order valence-corrected chi connectivity index (χ4v) is 1.72. The van der Waals surface area contributed by atoms with E-state index in [1.165, 1.54) is 6.42 Å². The van der Waals surface area contributed by atoms with Crippen molar-refractivity contribution in [1.82, 2.24) is 10.7 Å². The molecule has 1 aliphatic heterocycles. The number of fused-ring (bicyclic) bond motifs is 1. The molecule has 1 saturated carbocycles. The van der Waals surface area contributed by atoms with Crippen molar-refractivity contribution >= 4 is 5.91 Å².